The molecule has 0 aromatic carbocycles. The van der Waals surface area contributed by atoms with Gasteiger partial charge in [0.25, 0.3) is 0 Å². The van der Waals surface area contributed by atoms with Crippen LogP contribution >= 0.6 is 0 Å². The third-order valence-corrected chi connectivity index (χ3v) is 3.93. The van der Waals surface area contributed by atoms with Crippen molar-refractivity contribution in [3.63, 3.8) is 0 Å². The first-order chi connectivity index (χ1) is 7.61. The summed E-state index contributed by atoms with van der Waals surface area (Å²) in [6.07, 6.45) is 7.90. The van der Waals surface area contributed by atoms with Gasteiger partial charge in [0.1, 0.15) is 0 Å². The number of carboxylic acids is 1. The molecule has 0 heterocycles. The lowest BCUT2D eigenvalue weighted by Gasteiger charge is -2.34. The number of carboxylic acid groups (broad SMARTS) is 1. The maximum absolute atomic E-state index is 10.4. The molecule has 1 aliphatic rings. The molecule has 94 valence electrons. The molecule has 1 rings (SSSR count). The summed E-state index contributed by atoms with van der Waals surface area (Å²) in [5.74, 6) is 0.141. The first-order valence-corrected chi connectivity index (χ1v) is 6.53. The van der Waals surface area contributed by atoms with E-state index in [-0.39, 0.29) is 0 Å². The summed E-state index contributed by atoms with van der Waals surface area (Å²) < 4.78 is 0. The van der Waals surface area contributed by atoms with E-state index < -0.39 is 5.97 Å². The van der Waals surface area contributed by atoms with Crippen molar-refractivity contribution in [2.75, 3.05) is 13.6 Å². The van der Waals surface area contributed by atoms with Crippen molar-refractivity contribution in [2.45, 2.75) is 57.9 Å². The third-order valence-electron chi connectivity index (χ3n) is 3.93. The highest BCUT2D eigenvalue weighted by Gasteiger charge is 2.22. The van der Waals surface area contributed by atoms with Crippen molar-refractivity contribution in [1.82, 2.24) is 4.90 Å². The Morgan fingerprint density at radius 1 is 1.38 bits per heavy atom. The monoisotopic (exact) mass is 227 g/mol. The predicted molar refractivity (Wildman–Crippen MR) is 65.5 cm³/mol. The average molecular weight is 227 g/mol. The van der Waals surface area contributed by atoms with Gasteiger partial charge in [0.05, 0.1) is 0 Å². The largest absolute Gasteiger partial charge is 0.481 e. The highest BCUT2D eigenvalue weighted by molar-refractivity contribution is 5.66. The second-order valence-corrected chi connectivity index (χ2v) is 5.12. The van der Waals surface area contributed by atoms with Crippen LogP contribution in [0.25, 0.3) is 0 Å². The molecule has 0 radical (unpaired) electrons. The number of hydrogen-bond donors (Lipinski definition) is 1. The van der Waals surface area contributed by atoms with Gasteiger partial charge in [-0.05, 0) is 45.7 Å². The Morgan fingerprint density at radius 2 is 2.00 bits per heavy atom. The van der Waals surface area contributed by atoms with Crippen LogP contribution in [0.3, 0.4) is 0 Å². The molecule has 0 bridgehead atoms. The number of aliphatic carboxylic acids is 1. The van der Waals surface area contributed by atoms with Crippen LogP contribution in [-0.4, -0.2) is 35.6 Å². The Balaban J connectivity index is 2.23. The molecule has 3 nitrogen and oxygen atoms in total. The summed E-state index contributed by atoms with van der Waals surface area (Å²) in [6, 6.07) is 0.606. The summed E-state index contributed by atoms with van der Waals surface area (Å²) in [5.41, 5.74) is 0. The number of nitrogens with zero attached hydrogens (tertiary/aromatic N) is 1. The highest BCUT2D eigenvalue weighted by Crippen LogP contribution is 2.28. The Bertz CT molecular complexity index is 212. The Morgan fingerprint density at radius 3 is 2.56 bits per heavy atom. The van der Waals surface area contributed by atoms with E-state index in [1.807, 2.05) is 0 Å². The maximum atomic E-state index is 10.4. The van der Waals surface area contributed by atoms with E-state index in [4.69, 9.17) is 5.11 Å². The van der Waals surface area contributed by atoms with Crippen LogP contribution in [0.2, 0.25) is 0 Å². The molecule has 1 aliphatic carbocycles. The molecule has 16 heavy (non-hydrogen) atoms. The molecule has 1 fully saturated rings. The summed E-state index contributed by atoms with van der Waals surface area (Å²) in [6.45, 7) is 3.20. The molecule has 3 heteroatoms. The van der Waals surface area contributed by atoms with Crippen LogP contribution in [0.5, 0.6) is 0 Å². The molecule has 0 aliphatic heterocycles. The van der Waals surface area contributed by atoms with Crippen LogP contribution in [0.4, 0.5) is 0 Å². The van der Waals surface area contributed by atoms with Crippen molar-refractivity contribution >= 4 is 5.97 Å². The second-order valence-electron chi connectivity index (χ2n) is 5.12. The van der Waals surface area contributed by atoms with Crippen molar-refractivity contribution < 1.29 is 9.90 Å². The molecular formula is C13H25NO2. The van der Waals surface area contributed by atoms with Gasteiger partial charge in [0, 0.05) is 12.5 Å². The number of hydrogen-bond acceptors (Lipinski definition) is 2. The molecule has 1 N–H and O–H groups in total. The molecule has 0 amide bonds. The summed E-state index contributed by atoms with van der Waals surface area (Å²) in [4.78, 5) is 12.8. The lowest BCUT2D eigenvalue weighted by Crippen LogP contribution is -2.37. The smallest absolute Gasteiger partial charge is 0.303 e. The fourth-order valence-corrected chi connectivity index (χ4v) is 2.66. The van der Waals surface area contributed by atoms with Crippen LogP contribution in [0, 0.1) is 5.92 Å². The van der Waals surface area contributed by atoms with E-state index in [0.29, 0.717) is 12.5 Å². The van der Waals surface area contributed by atoms with E-state index in [9.17, 15) is 4.79 Å². The van der Waals surface area contributed by atoms with Gasteiger partial charge in [0.15, 0.2) is 0 Å². The zero-order valence-electron chi connectivity index (χ0n) is 10.6. The SMILES string of the molecule is CC(C1CCCCC1)N(C)CCCC(=O)O. The minimum atomic E-state index is -0.682. The molecule has 0 spiro atoms. The van der Waals surface area contributed by atoms with Gasteiger partial charge < -0.3 is 10.0 Å². The van der Waals surface area contributed by atoms with Crippen molar-refractivity contribution in [3.8, 4) is 0 Å². The zero-order valence-corrected chi connectivity index (χ0v) is 10.6. The molecular weight excluding hydrogens is 202 g/mol. The van der Waals surface area contributed by atoms with Crippen molar-refractivity contribution in [2.24, 2.45) is 5.92 Å². The Kier molecular flexibility index (Phi) is 5.81. The predicted octanol–water partition coefficient (Wildman–Crippen LogP) is 2.75. The average Bonchev–Trinajstić information content (AvgIpc) is 2.28. The molecule has 1 saturated carbocycles. The van der Waals surface area contributed by atoms with Gasteiger partial charge in [-0.25, -0.2) is 0 Å². The van der Waals surface area contributed by atoms with Gasteiger partial charge in [-0.1, -0.05) is 19.3 Å². The van der Waals surface area contributed by atoms with E-state index in [1.54, 1.807) is 0 Å². The molecule has 1 atom stereocenters. The van der Waals surface area contributed by atoms with Gasteiger partial charge in [0.2, 0.25) is 0 Å². The van der Waals surface area contributed by atoms with Crippen molar-refractivity contribution in [3.05, 3.63) is 0 Å². The van der Waals surface area contributed by atoms with Gasteiger partial charge in [-0.3, -0.25) is 4.79 Å². The van der Waals surface area contributed by atoms with Crippen LogP contribution in [-0.2, 0) is 4.79 Å². The van der Waals surface area contributed by atoms with Crippen LogP contribution < -0.4 is 0 Å². The van der Waals surface area contributed by atoms with E-state index >= 15 is 0 Å². The lowest BCUT2D eigenvalue weighted by atomic mass is 9.84. The Hall–Kier alpha value is -0.570. The minimum Gasteiger partial charge on any atom is -0.481 e. The third kappa shape index (κ3) is 4.52. The molecule has 0 aromatic rings. The first-order valence-electron chi connectivity index (χ1n) is 6.53. The van der Waals surface area contributed by atoms with Crippen LogP contribution in [0.1, 0.15) is 51.9 Å². The van der Waals surface area contributed by atoms with E-state index in [0.717, 1.165) is 18.9 Å². The fraction of sp³-hybridized carbons (Fsp3) is 0.923. The summed E-state index contributed by atoms with van der Waals surface area (Å²) in [5, 5.41) is 8.60. The Labute approximate surface area is 98.8 Å². The zero-order chi connectivity index (χ0) is 12.0. The van der Waals surface area contributed by atoms with Crippen LogP contribution in [0.15, 0.2) is 0 Å². The standard InChI is InChI=1S/C13H25NO2/c1-11(12-7-4-3-5-8-12)14(2)10-6-9-13(15)16/h11-12H,3-10H2,1-2H3,(H,15,16). The fourth-order valence-electron chi connectivity index (χ4n) is 2.66. The number of rotatable bonds is 6. The minimum absolute atomic E-state index is 0.293. The molecule has 0 aromatic heterocycles. The summed E-state index contributed by atoms with van der Waals surface area (Å²) >= 11 is 0. The van der Waals surface area contributed by atoms with E-state index in [2.05, 4.69) is 18.9 Å². The van der Waals surface area contributed by atoms with Gasteiger partial charge in [-0.2, -0.15) is 0 Å². The number of carbonyl (C=O) groups is 1. The topological polar surface area (TPSA) is 40.5 Å². The quantitative estimate of drug-likeness (QED) is 0.758. The van der Waals surface area contributed by atoms with E-state index in [1.165, 1.54) is 32.1 Å². The highest BCUT2D eigenvalue weighted by atomic mass is 16.4. The first kappa shape index (κ1) is 13.5. The van der Waals surface area contributed by atoms with Gasteiger partial charge >= 0.3 is 5.97 Å². The van der Waals surface area contributed by atoms with Gasteiger partial charge in [-0.15, -0.1) is 0 Å². The summed E-state index contributed by atoms with van der Waals surface area (Å²) in [7, 11) is 2.13. The molecule has 1 unspecified atom stereocenters. The molecule has 0 saturated heterocycles. The maximum Gasteiger partial charge on any atom is 0.303 e. The van der Waals surface area contributed by atoms with Crippen molar-refractivity contribution in [1.29, 1.82) is 0 Å². The second kappa shape index (κ2) is 6.89. The normalized spacial score (nSPS) is 19.9. The lowest BCUT2D eigenvalue weighted by molar-refractivity contribution is -0.137.